The molecule has 132 valence electrons. The minimum Gasteiger partial charge on any atom is -0.493 e. The molecule has 0 saturated heterocycles. The molecule has 2 aromatic carbocycles. The monoisotopic (exact) mass is 353 g/mol. The third-order valence-electron chi connectivity index (χ3n) is 3.45. The number of nitro benzene ring substituents is 1. The van der Waals surface area contributed by atoms with E-state index in [1.165, 1.54) is 36.7 Å². The number of hydrogen-bond acceptors (Lipinski definition) is 7. The van der Waals surface area contributed by atoms with Crippen molar-refractivity contribution in [3.05, 3.63) is 76.4 Å². The molecule has 0 amide bonds. The van der Waals surface area contributed by atoms with Gasteiger partial charge in [0.2, 0.25) is 5.75 Å². The lowest BCUT2D eigenvalue weighted by atomic mass is 10.1. The van der Waals surface area contributed by atoms with Crippen molar-refractivity contribution in [2.75, 3.05) is 7.11 Å². The Morgan fingerprint density at radius 1 is 1.23 bits per heavy atom. The summed E-state index contributed by atoms with van der Waals surface area (Å²) in [4.78, 5) is 11.0. The minimum absolute atomic E-state index is 0.0720. The number of hydrogen-bond donors (Lipinski definition) is 0. The van der Waals surface area contributed by atoms with Crippen molar-refractivity contribution in [1.29, 1.82) is 0 Å². The van der Waals surface area contributed by atoms with Crippen LogP contribution in [0.25, 0.3) is 0 Å². The predicted octanol–water partition coefficient (Wildman–Crippen LogP) is 2.66. The molecular weight excluding hydrogens is 338 g/mol. The van der Waals surface area contributed by atoms with Crippen LogP contribution < -0.4 is 9.47 Å². The van der Waals surface area contributed by atoms with Crippen molar-refractivity contribution in [2.24, 2.45) is 5.10 Å². The third-order valence-corrected chi connectivity index (χ3v) is 3.45. The van der Waals surface area contributed by atoms with Gasteiger partial charge in [-0.3, -0.25) is 10.1 Å². The van der Waals surface area contributed by atoms with Crippen LogP contribution in [-0.2, 0) is 6.61 Å². The number of rotatable bonds is 7. The molecule has 26 heavy (non-hydrogen) atoms. The molecule has 0 N–H and O–H groups in total. The van der Waals surface area contributed by atoms with E-state index in [1.807, 2.05) is 30.3 Å². The zero-order chi connectivity index (χ0) is 18.4. The average Bonchev–Trinajstić information content (AvgIpc) is 3.18. The smallest absolute Gasteiger partial charge is 0.315 e. The van der Waals surface area contributed by atoms with E-state index in [9.17, 15) is 10.1 Å². The largest absolute Gasteiger partial charge is 0.493 e. The topological polar surface area (TPSA) is 105 Å². The van der Waals surface area contributed by atoms with Crippen LogP contribution in [-0.4, -0.2) is 33.1 Å². The van der Waals surface area contributed by atoms with Gasteiger partial charge in [-0.25, -0.2) is 4.68 Å². The van der Waals surface area contributed by atoms with E-state index < -0.39 is 4.92 Å². The second-order valence-electron chi connectivity index (χ2n) is 5.19. The maximum Gasteiger partial charge on any atom is 0.315 e. The Morgan fingerprint density at radius 2 is 1.96 bits per heavy atom. The Bertz CT molecular complexity index is 910. The second-order valence-corrected chi connectivity index (χ2v) is 5.19. The highest BCUT2D eigenvalue weighted by molar-refractivity contribution is 5.83. The van der Waals surface area contributed by atoms with E-state index in [0.717, 1.165) is 5.56 Å². The summed E-state index contributed by atoms with van der Waals surface area (Å²) < 4.78 is 12.3. The average molecular weight is 353 g/mol. The summed E-state index contributed by atoms with van der Waals surface area (Å²) >= 11 is 0. The van der Waals surface area contributed by atoms with Gasteiger partial charge < -0.3 is 9.47 Å². The first-order valence-corrected chi connectivity index (χ1v) is 7.59. The first-order chi connectivity index (χ1) is 12.7. The Labute approximate surface area is 148 Å². The zero-order valence-electron chi connectivity index (χ0n) is 13.8. The number of aromatic nitrogens is 3. The fraction of sp³-hybridized carbons (Fsp3) is 0.118. The molecule has 0 radical (unpaired) electrons. The van der Waals surface area contributed by atoms with Gasteiger partial charge in [-0.05, 0) is 11.6 Å². The van der Waals surface area contributed by atoms with Gasteiger partial charge in [-0.1, -0.05) is 30.3 Å². The summed E-state index contributed by atoms with van der Waals surface area (Å²) in [6, 6.07) is 12.4. The molecular formula is C17H15N5O4. The summed E-state index contributed by atoms with van der Waals surface area (Å²) in [6.07, 6.45) is 4.25. The molecule has 1 aromatic heterocycles. The molecule has 0 aliphatic heterocycles. The SMILES string of the molecule is COc1cc(/C=N\n2cnnc2)cc([N+](=O)[O-])c1OCc1ccccc1. The van der Waals surface area contributed by atoms with Crippen LogP contribution in [0.3, 0.4) is 0 Å². The molecule has 3 aromatic rings. The van der Waals surface area contributed by atoms with Crippen LogP contribution in [0.4, 0.5) is 5.69 Å². The highest BCUT2D eigenvalue weighted by Crippen LogP contribution is 2.38. The van der Waals surface area contributed by atoms with Crippen molar-refractivity contribution in [3.8, 4) is 11.5 Å². The summed E-state index contributed by atoms with van der Waals surface area (Å²) in [5.74, 6) is 0.322. The van der Waals surface area contributed by atoms with Gasteiger partial charge in [-0.2, -0.15) is 5.10 Å². The van der Waals surface area contributed by atoms with Crippen molar-refractivity contribution in [2.45, 2.75) is 6.61 Å². The van der Waals surface area contributed by atoms with E-state index in [4.69, 9.17) is 9.47 Å². The van der Waals surface area contributed by atoms with E-state index in [2.05, 4.69) is 15.3 Å². The lowest BCUT2D eigenvalue weighted by molar-refractivity contribution is -0.386. The lowest BCUT2D eigenvalue weighted by Gasteiger charge is -2.12. The molecule has 0 spiro atoms. The minimum atomic E-state index is -0.515. The first-order valence-electron chi connectivity index (χ1n) is 7.59. The Balaban J connectivity index is 1.91. The molecule has 0 aliphatic rings. The van der Waals surface area contributed by atoms with Crippen LogP contribution in [0, 0.1) is 10.1 Å². The summed E-state index contributed by atoms with van der Waals surface area (Å²) in [5.41, 5.74) is 1.17. The van der Waals surface area contributed by atoms with Gasteiger partial charge in [0.05, 0.1) is 18.2 Å². The molecule has 0 atom stereocenters. The number of benzene rings is 2. The van der Waals surface area contributed by atoms with Gasteiger partial charge in [0.15, 0.2) is 5.75 Å². The molecule has 0 aliphatic carbocycles. The second kappa shape index (κ2) is 7.88. The lowest BCUT2D eigenvalue weighted by Crippen LogP contribution is -2.03. The third kappa shape index (κ3) is 4.01. The Morgan fingerprint density at radius 3 is 2.62 bits per heavy atom. The predicted molar refractivity (Wildman–Crippen MR) is 93.4 cm³/mol. The molecule has 0 fully saturated rings. The van der Waals surface area contributed by atoms with E-state index in [1.54, 1.807) is 6.07 Å². The van der Waals surface area contributed by atoms with Gasteiger partial charge >= 0.3 is 5.69 Å². The number of ether oxygens (including phenoxy) is 2. The maximum atomic E-state index is 11.5. The molecule has 0 bridgehead atoms. The quantitative estimate of drug-likeness (QED) is 0.367. The summed E-state index contributed by atoms with van der Waals surface area (Å²) in [6.45, 7) is 0.187. The first kappa shape index (κ1) is 17.1. The van der Waals surface area contributed by atoms with Crippen LogP contribution in [0.15, 0.2) is 60.2 Å². The number of methoxy groups -OCH3 is 1. The van der Waals surface area contributed by atoms with Gasteiger partial charge in [0.25, 0.3) is 0 Å². The van der Waals surface area contributed by atoms with Crippen molar-refractivity contribution in [3.63, 3.8) is 0 Å². The molecule has 0 unspecified atom stereocenters. The van der Waals surface area contributed by atoms with Gasteiger partial charge in [0.1, 0.15) is 19.3 Å². The molecule has 9 heteroatoms. The molecule has 3 rings (SSSR count). The summed E-state index contributed by atoms with van der Waals surface area (Å²) in [5, 5.41) is 22.8. The van der Waals surface area contributed by atoms with Crippen molar-refractivity contribution in [1.82, 2.24) is 14.9 Å². The van der Waals surface area contributed by atoms with Crippen molar-refractivity contribution >= 4 is 11.9 Å². The Kier molecular flexibility index (Phi) is 5.18. The number of nitro groups is 1. The fourth-order valence-electron chi connectivity index (χ4n) is 2.23. The van der Waals surface area contributed by atoms with Crippen molar-refractivity contribution < 1.29 is 14.4 Å². The molecule has 0 saturated carbocycles. The van der Waals surface area contributed by atoms with E-state index in [-0.39, 0.29) is 23.8 Å². The fourth-order valence-corrected chi connectivity index (χ4v) is 2.23. The zero-order valence-corrected chi connectivity index (χ0v) is 13.8. The van der Waals surface area contributed by atoms with Gasteiger partial charge in [-0.15, -0.1) is 10.2 Å². The molecule has 1 heterocycles. The van der Waals surface area contributed by atoms with Crippen LogP contribution in [0.2, 0.25) is 0 Å². The highest BCUT2D eigenvalue weighted by atomic mass is 16.6. The van der Waals surface area contributed by atoms with Crippen LogP contribution >= 0.6 is 0 Å². The number of nitrogens with zero attached hydrogens (tertiary/aromatic N) is 5. The van der Waals surface area contributed by atoms with Gasteiger partial charge in [0, 0.05) is 11.6 Å². The molecule has 9 nitrogen and oxygen atoms in total. The Hall–Kier alpha value is -3.75. The van der Waals surface area contributed by atoms with E-state index >= 15 is 0 Å². The highest BCUT2D eigenvalue weighted by Gasteiger charge is 2.22. The van der Waals surface area contributed by atoms with E-state index in [0.29, 0.717) is 5.56 Å². The van der Waals surface area contributed by atoms with Crippen LogP contribution in [0.5, 0.6) is 11.5 Å². The normalized spacial score (nSPS) is 10.8. The van der Waals surface area contributed by atoms with Crippen LogP contribution in [0.1, 0.15) is 11.1 Å². The summed E-state index contributed by atoms with van der Waals surface area (Å²) in [7, 11) is 1.43. The standard InChI is InChI=1S/C17H15N5O4/c1-25-16-8-14(9-20-21-11-18-19-12-21)7-15(22(23)24)17(16)26-10-13-5-3-2-4-6-13/h2-9,11-12H,10H2,1H3/b20-9-. The maximum absolute atomic E-state index is 11.5.